The normalized spacial score (nSPS) is 15.2. The number of fused-ring (bicyclic) bond motifs is 1. The van der Waals surface area contributed by atoms with Gasteiger partial charge in [0.15, 0.2) is 9.84 Å². The minimum absolute atomic E-state index is 0.299. The molecule has 7 heteroatoms. The summed E-state index contributed by atoms with van der Waals surface area (Å²) in [6, 6.07) is 14.5. The van der Waals surface area contributed by atoms with Crippen molar-refractivity contribution in [1.82, 2.24) is 4.98 Å². The van der Waals surface area contributed by atoms with Gasteiger partial charge in [-0.2, -0.15) is 0 Å². The number of hydrogen-bond acceptors (Lipinski definition) is 6. The van der Waals surface area contributed by atoms with Gasteiger partial charge in [-0.1, -0.05) is 18.2 Å². The highest BCUT2D eigenvalue weighted by molar-refractivity contribution is 7.90. The van der Waals surface area contributed by atoms with Crippen LogP contribution in [0.25, 0.3) is 22.0 Å². The van der Waals surface area contributed by atoms with E-state index < -0.39 is 9.84 Å². The second kappa shape index (κ2) is 6.83. The Morgan fingerprint density at radius 2 is 1.78 bits per heavy atom. The van der Waals surface area contributed by atoms with Gasteiger partial charge >= 0.3 is 0 Å². The average molecular weight is 383 g/mol. The predicted octanol–water partition coefficient (Wildman–Crippen LogP) is 2.72. The summed E-state index contributed by atoms with van der Waals surface area (Å²) in [5.41, 5.74) is 8.87. The third-order valence-electron chi connectivity index (χ3n) is 4.73. The van der Waals surface area contributed by atoms with E-state index in [1.807, 2.05) is 36.4 Å². The molecule has 1 aromatic heterocycles. The van der Waals surface area contributed by atoms with Crippen LogP contribution in [0.2, 0.25) is 0 Å². The molecule has 0 unspecified atom stereocenters. The Labute approximate surface area is 158 Å². The van der Waals surface area contributed by atoms with Crippen LogP contribution in [0, 0.1) is 0 Å². The fraction of sp³-hybridized carbons (Fsp3) is 0.250. The van der Waals surface area contributed by atoms with Crippen LogP contribution in [0.3, 0.4) is 0 Å². The molecule has 4 rings (SSSR count). The van der Waals surface area contributed by atoms with Gasteiger partial charge in [0.1, 0.15) is 5.82 Å². The Bertz CT molecular complexity index is 1110. The lowest BCUT2D eigenvalue weighted by molar-refractivity contribution is 0.122. The molecule has 0 radical (unpaired) electrons. The van der Waals surface area contributed by atoms with Crippen molar-refractivity contribution < 1.29 is 13.2 Å². The maximum Gasteiger partial charge on any atom is 0.176 e. The van der Waals surface area contributed by atoms with Gasteiger partial charge < -0.3 is 15.4 Å². The quantitative estimate of drug-likeness (QED) is 0.700. The van der Waals surface area contributed by atoms with E-state index in [0.717, 1.165) is 35.4 Å². The number of nitrogens with two attached hydrogens (primary N) is 1. The Morgan fingerprint density at radius 1 is 1.04 bits per heavy atom. The third kappa shape index (κ3) is 3.48. The molecular formula is C20H21N3O3S. The molecule has 27 heavy (non-hydrogen) atoms. The van der Waals surface area contributed by atoms with Crippen molar-refractivity contribution in [2.24, 2.45) is 0 Å². The van der Waals surface area contributed by atoms with Crippen LogP contribution in [-0.2, 0) is 14.6 Å². The largest absolute Gasteiger partial charge is 0.399 e. The Morgan fingerprint density at radius 3 is 2.52 bits per heavy atom. The van der Waals surface area contributed by atoms with Gasteiger partial charge in [0.05, 0.1) is 23.6 Å². The van der Waals surface area contributed by atoms with Crippen LogP contribution in [0.1, 0.15) is 0 Å². The number of nitrogens with zero attached hydrogens (tertiary/aromatic N) is 2. The monoisotopic (exact) mass is 383 g/mol. The zero-order valence-corrected chi connectivity index (χ0v) is 15.9. The molecule has 1 aliphatic rings. The fourth-order valence-electron chi connectivity index (χ4n) is 3.42. The summed E-state index contributed by atoms with van der Waals surface area (Å²) in [7, 11) is -3.38. The highest BCUT2D eigenvalue weighted by Gasteiger charge is 2.20. The first kappa shape index (κ1) is 17.8. The van der Waals surface area contributed by atoms with Crippen LogP contribution in [0.4, 0.5) is 11.5 Å². The second-order valence-electron chi connectivity index (χ2n) is 6.67. The lowest BCUT2D eigenvalue weighted by atomic mass is 10.00. The number of rotatable bonds is 3. The number of hydrogen-bond donors (Lipinski definition) is 1. The summed E-state index contributed by atoms with van der Waals surface area (Å²) in [5.74, 6) is 0.814. The van der Waals surface area contributed by atoms with E-state index in [-0.39, 0.29) is 0 Å². The van der Waals surface area contributed by atoms with E-state index >= 15 is 0 Å². The lowest BCUT2D eigenvalue weighted by Gasteiger charge is -2.28. The fourth-order valence-corrected chi connectivity index (χ4v) is 4.32. The zero-order valence-electron chi connectivity index (χ0n) is 15.1. The third-order valence-corrected chi connectivity index (χ3v) is 5.89. The van der Waals surface area contributed by atoms with E-state index in [9.17, 15) is 8.42 Å². The number of anilines is 2. The van der Waals surface area contributed by atoms with E-state index in [4.69, 9.17) is 15.5 Å². The molecule has 1 saturated heterocycles. The Balaban J connectivity index is 2.00. The summed E-state index contributed by atoms with van der Waals surface area (Å²) in [6.45, 7) is 2.80. The van der Waals surface area contributed by atoms with Crippen LogP contribution in [-0.4, -0.2) is 46.0 Å². The first-order valence-electron chi connectivity index (χ1n) is 8.76. The SMILES string of the molecule is CS(=O)(=O)c1ccccc1-c1cc(N2CCOCC2)nc2ccc(N)cc12. The highest BCUT2D eigenvalue weighted by atomic mass is 32.2. The van der Waals surface area contributed by atoms with Gasteiger partial charge in [0.2, 0.25) is 0 Å². The number of pyridine rings is 1. The maximum absolute atomic E-state index is 12.3. The number of nitrogen functional groups attached to an aromatic ring is 1. The second-order valence-corrected chi connectivity index (χ2v) is 8.66. The lowest BCUT2D eigenvalue weighted by Crippen LogP contribution is -2.36. The van der Waals surface area contributed by atoms with Gasteiger partial charge in [-0.25, -0.2) is 13.4 Å². The van der Waals surface area contributed by atoms with Crippen molar-refractivity contribution in [3.63, 3.8) is 0 Å². The smallest absolute Gasteiger partial charge is 0.176 e. The molecule has 1 aliphatic heterocycles. The van der Waals surface area contributed by atoms with Crippen molar-refractivity contribution in [2.75, 3.05) is 43.2 Å². The molecular weight excluding hydrogens is 362 g/mol. The van der Waals surface area contributed by atoms with Crippen molar-refractivity contribution in [3.05, 3.63) is 48.5 Å². The molecule has 2 heterocycles. The van der Waals surface area contributed by atoms with Crippen LogP contribution in [0.5, 0.6) is 0 Å². The zero-order chi connectivity index (χ0) is 19.0. The van der Waals surface area contributed by atoms with Gasteiger partial charge in [-0.3, -0.25) is 0 Å². The minimum atomic E-state index is -3.38. The summed E-state index contributed by atoms with van der Waals surface area (Å²) >= 11 is 0. The molecule has 1 fully saturated rings. The molecule has 140 valence electrons. The van der Waals surface area contributed by atoms with Gasteiger partial charge in [-0.15, -0.1) is 0 Å². The highest BCUT2D eigenvalue weighted by Crippen LogP contribution is 2.36. The van der Waals surface area contributed by atoms with E-state index in [2.05, 4.69) is 4.90 Å². The minimum Gasteiger partial charge on any atom is -0.399 e. The first-order chi connectivity index (χ1) is 12.9. The maximum atomic E-state index is 12.3. The standard InChI is InChI=1S/C20H21N3O3S/c1-27(24,25)19-5-3-2-4-15(19)16-13-20(23-8-10-26-11-9-23)22-18-7-6-14(21)12-17(16)18/h2-7,12-13H,8-11,21H2,1H3. The molecule has 6 nitrogen and oxygen atoms in total. The van der Waals surface area contributed by atoms with E-state index in [0.29, 0.717) is 29.4 Å². The molecule has 2 aromatic carbocycles. The van der Waals surface area contributed by atoms with Gasteiger partial charge in [-0.05, 0) is 35.9 Å². The molecule has 3 aromatic rings. The van der Waals surface area contributed by atoms with E-state index in [1.54, 1.807) is 12.1 Å². The molecule has 0 atom stereocenters. The summed E-state index contributed by atoms with van der Waals surface area (Å²) in [5, 5.41) is 0.836. The molecule has 0 saturated carbocycles. The summed E-state index contributed by atoms with van der Waals surface area (Å²) in [4.78, 5) is 7.24. The van der Waals surface area contributed by atoms with Gasteiger partial charge in [0.25, 0.3) is 0 Å². The number of benzene rings is 2. The van der Waals surface area contributed by atoms with Crippen molar-refractivity contribution in [2.45, 2.75) is 4.90 Å². The van der Waals surface area contributed by atoms with Crippen molar-refractivity contribution in [3.8, 4) is 11.1 Å². The van der Waals surface area contributed by atoms with Crippen LogP contribution in [0.15, 0.2) is 53.4 Å². The predicted molar refractivity (Wildman–Crippen MR) is 108 cm³/mol. The molecule has 0 bridgehead atoms. The average Bonchev–Trinajstić information content (AvgIpc) is 2.67. The summed E-state index contributed by atoms with van der Waals surface area (Å²) < 4.78 is 30.1. The number of aromatic nitrogens is 1. The molecule has 0 aliphatic carbocycles. The Kier molecular flexibility index (Phi) is 4.49. The molecule has 0 spiro atoms. The number of ether oxygens (including phenoxy) is 1. The summed E-state index contributed by atoms with van der Waals surface area (Å²) in [6.07, 6.45) is 1.23. The van der Waals surface area contributed by atoms with Crippen molar-refractivity contribution >= 4 is 32.2 Å². The molecule has 0 amide bonds. The van der Waals surface area contributed by atoms with E-state index in [1.165, 1.54) is 6.26 Å². The van der Waals surface area contributed by atoms with Gasteiger partial charge in [0, 0.05) is 36.0 Å². The number of morpholine rings is 1. The first-order valence-corrected chi connectivity index (χ1v) is 10.6. The van der Waals surface area contributed by atoms with Crippen LogP contribution >= 0.6 is 0 Å². The molecule has 2 N–H and O–H groups in total. The topological polar surface area (TPSA) is 85.5 Å². The number of sulfone groups is 1. The Hall–Kier alpha value is -2.64. The van der Waals surface area contributed by atoms with Crippen molar-refractivity contribution in [1.29, 1.82) is 0 Å². The van der Waals surface area contributed by atoms with Crippen LogP contribution < -0.4 is 10.6 Å².